The van der Waals surface area contributed by atoms with Gasteiger partial charge in [0, 0.05) is 0 Å². The maximum absolute atomic E-state index is 10.1. The number of hydrogen-bond donors (Lipinski definition) is 1. The summed E-state index contributed by atoms with van der Waals surface area (Å²) in [6.07, 6.45) is 3.00. The third-order valence-corrected chi connectivity index (χ3v) is 4.37. The van der Waals surface area contributed by atoms with E-state index in [0.29, 0.717) is 0 Å². The average Bonchev–Trinajstić information content (AvgIpc) is 2.81. The lowest BCUT2D eigenvalue weighted by atomic mass is 9.77. The van der Waals surface area contributed by atoms with E-state index in [0.717, 1.165) is 34.2 Å². The molecule has 17 heavy (non-hydrogen) atoms. The van der Waals surface area contributed by atoms with Crippen molar-refractivity contribution in [2.24, 2.45) is 5.41 Å². The predicted molar refractivity (Wildman–Crippen MR) is 66.9 cm³/mol. The Morgan fingerprint density at radius 1 is 1.53 bits per heavy atom. The number of hydrogen-bond acceptors (Lipinski definition) is 4. The fraction of sp³-hybridized carbons (Fsp3) is 0.462. The Hall–Kier alpha value is -1.13. The van der Waals surface area contributed by atoms with Crippen LogP contribution in [0, 0.1) is 5.41 Å². The van der Waals surface area contributed by atoms with Crippen LogP contribution in [0.3, 0.4) is 0 Å². The molecule has 0 amide bonds. The summed E-state index contributed by atoms with van der Waals surface area (Å²) in [5.41, 5.74) is 1.16. The molecule has 0 saturated heterocycles. The van der Waals surface area contributed by atoms with E-state index in [1.165, 1.54) is 0 Å². The van der Waals surface area contributed by atoms with Crippen LogP contribution in [0.5, 0.6) is 0 Å². The second kappa shape index (κ2) is 3.68. The van der Waals surface area contributed by atoms with Gasteiger partial charge in [-0.2, -0.15) is 0 Å². The highest BCUT2D eigenvalue weighted by Gasteiger charge is 2.34. The fourth-order valence-corrected chi connectivity index (χ4v) is 3.43. The maximum atomic E-state index is 10.1. The zero-order valence-corrected chi connectivity index (χ0v) is 10.8. The molecule has 1 aliphatic rings. The molecule has 2 heterocycles. The minimum atomic E-state index is -0.380. The number of fused-ring (bicyclic) bond motifs is 1. The van der Waals surface area contributed by atoms with Gasteiger partial charge in [-0.3, -0.25) is 0 Å². The topological polar surface area (TPSA) is 46.3 Å². The van der Waals surface area contributed by atoms with E-state index in [2.05, 4.69) is 18.8 Å². The van der Waals surface area contributed by atoms with Crippen LogP contribution < -0.4 is 0 Å². The van der Waals surface area contributed by atoms with Gasteiger partial charge < -0.3 is 9.52 Å². The molecule has 3 rings (SSSR count). The summed E-state index contributed by atoms with van der Waals surface area (Å²) in [6, 6.07) is 3.76. The normalized spacial score (nSPS) is 22.4. The number of nitrogens with zero attached hydrogens (tertiary/aromatic N) is 1. The molecular formula is C13H15NO2S. The lowest BCUT2D eigenvalue weighted by Crippen LogP contribution is -2.24. The first-order valence-electron chi connectivity index (χ1n) is 5.77. The summed E-state index contributed by atoms with van der Waals surface area (Å²) < 4.78 is 5.35. The Balaban J connectivity index is 2.04. The highest BCUT2D eigenvalue weighted by Crippen LogP contribution is 2.44. The van der Waals surface area contributed by atoms with Crippen LogP contribution in [0.25, 0.3) is 10.8 Å². The summed E-state index contributed by atoms with van der Waals surface area (Å²) >= 11 is 1.55. The van der Waals surface area contributed by atoms with Gasteiger partial charge in [-0.05, 0) is 30.4 Å². The second-order valence-corrected chi connectivity index (χ2v) is 6.40. The summed E-state index contributed by atoms with van der Waals surface area (Å²) in [5, 5.41) is 11.0. The van der Waals surface area contributed by atoms with Crippen molar-refractivity contribution in [3.8, 4) is 10.8 Å². The predicted octanol–water partition coefficient (Wildman–Crippen LogP) is 3.41. The third kappa shape index (κ3) is 1.91. The van der Waals surface area contributed by atoms with Crippen molar-refractivity contribution in [3.63, 3.8) is 0 Å². The van der Waals surface area contributed by atoms with Crippen molar-refractivity contribution in [1.29, 1.82) is 0 Å². The molecule has 3 nitrogen and oxygen atoms in total. The third-order valence-electron chi connectivity index (χ3n) is 3.15. The van der Waals surface area contributed by atoms with Crippen molar-refractivity contribution >= 4 is 11.3 Å². The molecule has 1 N–H and O–H groups in total. The van der Waals surface area contributed by atoms with Gasteiger partial charge in [-0.25, -0.2) is 4.98 Å². The molecule has 4 heteroatoms. The minimum Gasteiger partial charge on any atom is -0.462 e. The molecule has 0 aromatic carbocycles. The number of aliphatic hydroxyl groups excluding tert-OH is 1. The van der Waals surface area contributed by atoms with Crippen molar-refractivity contribution in [2.45, 2.75) is 32.8 Å². The van der Waals surface area contributed by atoms with E-state index in [1.807, 2.05) is 12.1 Å². The van der Waals surface area contributed by atoms with Crippen LogP contribution in [0.2, 0.25) is 0 Å². The van der Waals surface area contributed by atoms with Gasteiger partial charge in [-0.15, -0.1) is 11.3 Å². The Labute approximate surface area is 104 Å². The summed E-state index contributed by atoms with van der Waals surface area (Å²) in [7, 11) is 0. The summed E-state index contributed by atoms with van der Waals surface area (Å²) in [6.45, 7) is 4.34. The SMILES string of the molecule is CC1(C)Cc2nc(-c3ccco3)sc2C(O)C1. The highest BCUT2D eigenvalue weighted by atomic mass is 32.1. The average molecular weight is 249 g/mol. The zero-order valence-electron chi connectivity index (χ0n) is 9.93. The Bertz CT molecular complexity index is 528. The maximum Gasteiger partial charge on any atom is 0.162 e. The monoisotopic (exact) mass is 249 g/mol. The van der Waals surface area contributed by atoms with Gasteiger partial charge in [0.1, 0.15) is 0 Å². The molecule has 0 fully saturated rings. The Morgan fingerprint density at radius 3 is 3.06 bits per heavy atom. The Kier molecular flexibility index (Phi) is 2.38. The molecular weight excluding hydrogens is 234 g/mol. The molecule has 0 aliphatic heterocycles. The first-order valence-corrected chi connectivity index (χ1v) is 6.58. The number of aliphatic hydroxyl groups is 1. The molecule has 0 saturated carbocycles. The van der Waals surface area contributed by atoms with Crippen molar-refractivity contribution in [1.82, 2.24) is 4.98 Å². The van der Waals surface area contributed by atoms with E-state index in [9.17, 15) is 5.11 Å². The van der Waals surface area contributed by atoms with E-state index in [4.69, 9.17) is 4.42 Å². The van der Waals surface area contributed by atoms with Crippen LogP contribution in [-0.2, 0) is 6.42 Å². The van der Waals surface area contributed by atoms with Gasteiger partial charge in [0.2, 0.25) is 0 Å². The van der Waals surface area contributed by atoms with Crippen LogP contribution in [0.4, 0.5) is 0 Å². The molecule has 0 radical (unpaired) electrons. The summed E-state index contributed by atoms with van der Waals surface area (Å²) in [5.74, 6) is 0.786. The molecule has 90 valence electrons. The van der Waals surface area contributed by atoms with Gasteiger partial charge in [0.25, 0.3) is 0 Å². The van der Waals surface area contributed by atoms with E-state index in [-0.39, 0.29) is 11.5 Å². The largest absolute Gasteiger partial charge is 0.462 e. The van der Waals surface area contributed by atoms with Crippen molar-refractivity contribution in [3.05, 3.63) is 29.0 Å². The fourth-order valence-electron chi connectivity index (χ4n) is 2.40. The minimum absolute atomic E-state index is 0.126. The van der Waals surface area contributed by atoms with E-state index >= 15 is 0 Å². The van der Waals surface area contributed by atoms with Crippen LogP contribution in [-0.4, -0.2) is 10.1 Å². The van der Waals surface area contributed by atoms with Gasteiger partial charge in [-0.1, -0.05) is 13.8 Å². The smallest absolute Gasteiger partial charge is 0.162 e. The molecule has 2 aromatic heterocycles. The standard InChI is InChI=1S/C13H15NO2S/c1-13(2)6-8-11(9(15)7-13)17-12(14-8)10-4-3-5-16-10/h3-5,9,15H,6-7H2,1-2H3. The van der Waals surface area contributed by atoms with Crippen LogP contribution >= 0.6 is 11.3 Å². The number of rotatable bonds is 1. The number of thiazole rings is 1. The Morgan fingerprint density at radius 2 is 2.35 bits per heavy atom. The van der Waals surface area contributed by atoms with Gasteiger partial charge in [0.05, 0.1) is 22.9 Å². The van der Waals surface area contributed by atoms with Crippen LogP contribution in [0.15, 0.2) is 22.8 Å². The molecule has 1 aliphatic carbocycles. The van der Waals surface area contributed by atoms with E-state index < -0.39 is 0 Å². The zero-order chi connectivity index (χ0) is 12.0. The van der Waals surface area contributed by atoms with Crippen molar-refractivity contribution < 1.29 is 9.52 Å². The highest BCUT2D eigenvalue weighted by molar-refractivity contribution is 7.15. The molecule has 0 spiro atoms. The van der Waals surface area contributed by atoms with Gasteiger partial charge >= 0.3 is 0 Å². The molecule has 0 bridgehead atoms. The van der Waals surface area contributed by atoms with E-state index in [1.54, 1.807) is 17.6 Å². The van der Waals surface area contributed by atoms with Crippen molar-refractivity contribution in [2.75, 3.05) is 0 Å². The lowest BCUT2D eigenvalue weighted by Gasteiger charge is -2.31. The number of aromatic nitrogens is 1. The molecule has 1 atom stereocenters. The molecule has 2 aromatic rings. The molecule has 1 unspecified atom stereocenters. The first kappa shape index (κ1) is 11.0. The quantitative estimate of drug-likeness (QED) is 0.842. The first-order chi connectivity index (χ1) is 8.05. The van der Waals surface area contributed by atoms with Gasteiger partial charge in [0.15, 0.2) is 10.8 Å². The lowest BCUT2D eigenvalue weighted by molar-refractivity contribution is 0.102. The van der Waals surface area contributed by atoms with Crippen LogP contribution in [0.1, 0.15) is 36.9 Å². The number of furan rings is 1. The second-order valence-electron chi connectivity index (χ2n) is 5.37. The summed E-state index contributed by atoms with van der Waals surface area (Å²) in [4.78, 5) is 5.61.